The first-order valence-corrected chi connectivity index (χ1v) is 4.80. The monoisotopic (exact) mass is 217 g/mol. The topological polar surface area (TPSA) is 12.0 Å². The average Bonchev–Trinajstić information content (AvgIpc) is 2.09. The average molecular weight is 218 g/mol. The van der Waals surface area contributed by atoms with Gasteiger partial charge < -0.3 is 5.32 Å². The molecule has 0 amide bonds. The third-order valence-corrected chi connectivity index (χ3v) is 2.68. The molecule has 0 radical (unpaired) electrons. The Hall–Kier alpha value is -0.670. The lowest BCUT2D eigenvalue weighted by molar-refractivity contribution is 0.0911. The number of benzene rings is 1. The van der Waals surface area contributed by atoms with Crippen molar-refractivity contribution >= 4 is 11.6 Å². The van der Waals surface area contributed by atoms with Crippen molar-refractivity contribution in [1.29, 1.82) is 0 Å². The first-order chi connectivity index (χ1) is 6.59. The van der Waals surface area contributed by atoms with Crippen LogP contribution >= 0.6 is 11.6 Å². The molecule has 1 aromatic carbocycles. The molecule has 1 fully saturated rings. The van der Waals surface area contributed by atoms with Crippen LogP contribution in [-0.4, -0.2) is 18.8 Å². The van der Waals surface area contributed by atoms with Gasteiger partial charge in [0.2, 0.25) is 0 Å². The zero-order valence-corrected chi connectivity index (χ0v) is 8.24. The fourth-order valence-corrected chi connectivity index (χ4v) is 1.74. The summed E-state index contributed by atoms with van der Waals surface area (Å²) in [5.74, 6) is -0.463. The lowest BCUT2D eigenvalue weighted by atomic mass is 9.91. The highest BCUT2D eigenvalue weighted by atomic mass is 35.5. The molecular weight excluding hydrogens is 208 g/mol. The molecule has 0 saturated carbocycles. The standard InChI is InChI=1S/C10H10ClF2N/c11-8-3-7(1-2-9(8)12)4-10(13)5-14-6-10/h1-3,14H,4-6H2. The molecule has 2 rings (SSSR count). The Kier molecular flexibility index (Phi) is 2.45. The van der Waals surface area contributed by atoms with Gasteiger partial charge in [0, 0.05) is 19.5 Å². The summed E-state index contributed by atoms with van der Waals surface area (Å²) in [6, 6.07) is 4.32. The molecular formula is C10H10ClF2N. The van der Waals surface area contributed by atoms with Gasteiger partial charge in [-0.1, -0.05) is 17.7 Å². The lowest BCUT2D eigenvalue weighted by Crippen LogP contribution is -2.57. The van der Waals surface area contributed by atoms with E-state index >= 15 is 0 Å². The Balaban J connectivity index is 2.13. The predicted molar refractivity (Wildman–Crippen MR) is 51.8 cm³/mol. The molecule has 0 unspecified atom stereocenters. The third-order valence-electron chi connectivity index (χ3n) is 2.39. The van der Waals surface area contributed by atoms with Crippen LogP contribution in [0.5, 0.6) is 0 Å². The Morgan fingerprint density at radius 1 is 1.43 bits per heavy atom. The second-order valence-electron chi connectivity index (χ2n) is 3.68. The molecule has 0 aliphatic carbocycles. The van der Waals surface area contributed by atoms with Crippen LogP contribution in [0, 0.1) is 5.82 Å². The van der Waals surface area contributed by atoms with Crippen molar-refractivity contribution in [3.8, 4) is 0 Å². The highest BCUT2D eigenvalue weighted by molar-refractivity contribution is 6.30. The van der Waals surface area contributed by atoms with Gasteiger partial charge in [0.1, 0.15) is 11.5 Å². The van der Waals surface area contributed by atoms with Crippen LogP contribution in [-0.2, 0) is 6.42 Å². The minimum atomic E-state index is -1.18. The molecule has 14 heavy (non-hydrogen) atoms. The van der Waals surface area contributed by atoms with E-state index in [0.717, 1.165) is 5.56 Å². The van der Waals surface area contributed by atoms with Gasteiger partial charge in [-0.25, -0.2) is 8.78 Å². The Morgan fingerprint density at radius 3 is 2.64 bits per heavy atom. The predicted octanol–water partition coefficient (Wildman–Crippen LogP) is 2.33. The first kappa shape index (κ1) is 9.87. The minimum absolute atomic E-state index is 0.0541. The number of hydrogen-bond acceptors (Lipinski definition) is 1. The van der Waals surface area contributed by atoms with Crippen molar-refractivity contribution in [3.63, 3.8) is 0 Å². The summed E-state index contributed by atoms with van der Waals surface area (Å²) in [6.45, 7) is 0.726. The van der Waals surface area contributed by atoms with Crippen molar-refractivity contribution in [1.82, 2.24) is 5.32 Å². The second kappa shape index (κ2) is 3.48. The van der Waals surface area contributed by atoms with Crippen molar-refractivity contribution in [2.75, 3.05) is 13.1 Å². The van der Waals surface area contributed by atoms with Crippen molar-refractivity contribution < 1.29 is 8.78 Å². The van der Waals surface area contributed by atoms with Crippen LogP contribution in [0.2, 0.25) is 5.02 Å². The summed E-state index contributed by atoms with van der Waals surface area (Å²) in [6.07, 6.45) is 0.292. The zero-order valence-electron chi connectivity index (χ0n) is 7.49. The van der Waals surface area contributed by atoms with Crippen molar-refractivity contribution in [2.45, 2.75) is 12.1 Å². The number of hydrogen-bond donors (Lipinski definition) is 1. The quantitative estimate of drug-likeness (QED) is 0.802. The van der Waals surface area contributed by atoms with Crippen LogP contribution < -0.4 is 5.32 Å². The number of rotatable bonds is 2. The van der Waals surface area contributed by atoms with Gasteiger partial charge in [-0.05, 0) is 17.7 Å². The highest BCUT2D eigenvalue weighted by Crippen LogP contribution is 2.24. The van der Waals surface area contributed by atoms with Crippen molar-refractivity contribution in [3.05, 3.63) is 34.6 Å². The lowest BCUT2D eigenvalue weighted by Gasteiger charge is -2.35. The van der Waals surface area contributed by atoms with E-state index in [9.17, 15) is 8.78 Å². The molecule has 0 spiro atoms. The zero-order chi connectivity index (χ0) is 10.2. The van der Waals surface area contributed by atoms with E-state index in [1.807, 2.05) is 0 Å². The minimum Gasteiger partial charge on any atom is -0.310 e. The molecule has 0 aromatic heterocycles. The van der Waals surface area contributed by atoms with Crippen molar-refractivity contribution in [2.24, 2.45) is 0 Å². The Bertz CT molecular complexity index is 350. The first-order valence-electron chi connectivity index (χ1n) is 4.43. The Labute approximate surface area is 86.1 Å². The van der Waals surface area contributed by atoms with Gasteiger partial charge in [-0.15, -0.1) is 0 Å². The summed E-state index contributed by atoms with van der Waals surface area (Å²) < 4.78 is 26.4. The van der Waals surface area contributed by atoms with E-state index in [1.54, 1.807) is 6.07 Å². The van der Waals surface area contributed by atoms with E-state index in [2.05, 4.69) is 5.32 Å². The Morgan fingerprint density at radius 2 is 2.14 bits per heavy atom. The molecule has 0 atom stereocenters. The van der Waals surface area contributed by atoms with Crippen LogP contribution in [0.4, 0.5) is 8.78 Å². The van der Waals surface area contributed by atoms with E-state index < -0.39 is 11.5 Å². The second-order valence-corrected chi connectivity index (χ2v) is 4.09. The van der Waals surface area contributed by atoms with E-state index in [0.29, 0.717) is 19.5 Å². The number of nitrogens with one attached hydrogen (secondary N) is 1. The van der Waals surface area contributed by atoms with Gasteiger partial charge in [0.05, 0.1) is 5.02 Å². The van der Waals surface area contributed by atoms with E-state index in [1.165, 1.54) is 12.1 Å². The van der Waals surface area contributed by atoms with Crippen LogP contribution in [0.15, 0.2) is 18.2 Å². The third kappa shape index (κ3) is 1.88. The molecule has 1 saturated heterocycles. The van der Waals surface area contributed by atoms with Gasteiger partial charge >= 0.3 is 0 Å². The molecule has 1 nitrogen and oxygen atoms in total. The molecule has 1 aromatic rings. The van der Waals surface area contributed by atoms with Gasteiger partial charge in [-0.2, -0.15) is 0 Å². The molecule has 0 bridgehead atoms. The summed E-state index contributed by atoms with van der Waals surface area (Å²) in [5.41, 5.74) is -0.443. The number of alkyl halides is 1. The highest BCUT2D eigenvalue weighted by Gasteiger charge is 2.36. The molecule has 1 aliphatic rings. The maximum atomic E-state index is 13.6. The van der Waals surface area contributed by atoms with E-state index in [-0.39, 0.29) is 5.02 Å². The summed E-state index contributed by atoms with van der Waals surface area (Å²) in [4.78, 5) is 0. The van der Waals surface area contributed by atoms with Gasteiger partial charge in [0.15, 0.2) is 0 Å². The SMILES string of the molecule is Fc1ccc(CC2(F)CNC2)cc1Cl. The molecule has 76 valence electrons. The largest absolute Gasteiger partial charge is 0.310 e. The molecule has 1 N–H and O–H groups in total. The number of halogens is 3. The summed E-state index contributed by atoms with van der Waals surface area (Å²) in [5, 5.41) is 2.92. The molecule has 4 heteroatoms. The maximum absolute atomic E-state index is 13.6. The maximum Gasteiger partial charge on any atom is 0.141 e. The van der Waals surface area contributed by atoms with Crippen LogP contribution in [0.25, 0.3) is 0 Å². The van der Waals surface area contributed by atoms with Crippen LogP contribution in [0.3, 0.4) is 0 Å². The molecule has 1 aliphatic heterocycles. The normalized spacial score (nSPS) is 19.1. The molecule has 1 heterocycles. The fourth-order valence-electron chi connectivity index (χ4n) is 1.54. The summed E-state index contributed by atoms with van der Waals surface area (Å²) >= 11 is 5.59. The van der Waals surface area contributed by atoms with Gasteiger partial charge in [-0.3, -0.25) is 0 Å². The van der Waals surface area contributed by atoms with E-state index in [4.69, 9.17) is 11.6 Å². The van der Waals surface area contributed by atoms with Gasteiger partial charge in [0.25, 0.3) is 0 Å². The fraction of sp³-hybridized carbons (Fsp3) is 0.400. The van der Waals surface area contributed by atoms with Crippen LogP contribution in [0.1, 0.15) is 5.56 Å². The smallest absolute Gasteiger partial charge is 0.141 e. The summed E-state index contributed by atoms with van der Waals surface area (Å²) in [7, 11) is 0.